The van der Waals surface area contributed by atoms with Crippen LogP contribution in [0.2, 0.25) is 0 Å². The molecule has 0 unspecified atom stereocenters. The monoisotopic (exact) mass is 529 g/mol. The molecular formula is C25H31N5O6S. The number of non-ortho nitro benzene ring substituents is 1. The molecule has 1 N–H and O–H groups in total. The number of carbonyl (C=O) groups is 1. The normalized spacial score (nSPS) is 12.1. The summed E-state index contributed by atoms with van der Waals surface area (Å²) < 4.78 is 34.2. The highest BCUT2D eigenvalue weighted by Crippen LogP contribution is 2.27. The second-order valence-electron chi connectivity index (χ2n) is 9.55. The molecule has 3 rings (SSSR count). The molecule has 12 heteroatoms. The average Bonchev–Trinajstić information content (AvgIpc) is 3.26. The Kier molecular flexibility index (Phi) is 8.46. The van der Waals surface area contributed by atoms with E-state index in [1.54, 1.807) is 10.7 Å². The number of aryl methyl sites for hydroxylation is 1. The van der Waals surface area contributed by atoms with Crippen molar-refractivity contribution in [2.45, 2.75) is 38.0 Å². The lowest BCUT2D eigenvalue weighted by atomic mass is 9.92. The van der Waals surface area contributed by atoms with Gasteiger partial charge in [0, 0.05) is 37.3 Å². The number of ether oxygens (including phenoxy) is 1. The van der Waals surface area contributed by atoms with Gasteiger partial charge in [0.25, 0.3) is 5.69 Å². The molecule has 0 aliphatic heterocycles. The lowest BCUT2D eigenvalue weighted by Crippen LogP contribution is -2.40. The van der Waals surface area contributed by atoms with E-state index in [0.717, 1.165) is 45.5 Å². The predicted molar refractivity (Wildman–Crippen MR) is 139 cm³/mol. The summed E-state index contributed by atoms with van der Waals surface area (Å²) in [7, 11) is -2.72. The van der Waals surface area contributed by atoms with Crippen LogP contribution < -0.4 is 5.32 Å². The van der Waals surface area contributed by atoms with Crippen molar-refractivity contribution in [3.05, 3.63) is 76.0 Å². The Balaban J connectivity index is 1.90. The molecule has 0 atom stereocenters. The molecule has 37 heavy (non-hydrogen) atoms. The number of methoxy groups -OCH3 is 1. The Bertz CT molecular complexity index is 1380. The van der Waals surface area contributed by atoms with Crippen molar-refractivity contribution in [3.8, 4) is 5.69 Å². The summed E-state index contributed by atoms with van der Waals surface area (Å²) in [5.74, 6) is -0.171. The smallest absolute Gasteiger partial charge is 0.269 e. The largest absolute Gasteiger partial charge is 0.383 e. The number of hydrogen-bond acceptors (Lipinski definition) is 7. The number of nitrogens with one attached hydrogen (secondary N) is 1. The third kappa shape index (κ3) is 6.79. The summed E-state index contributed by atoms with van der Waals surface area (Å²) in [5, 5.41) is 18.4. The van der Waals surface area contributed by atoms with Crippen LogP contribution in [0, 0.1) is 17.0 Å². The van der Waals surface area contributed by atoms with Crippen molar-refractivity contribution in [1.29, 1.82) is 0 Å². The van der Waals surface area contributed by atoms with Crippen LogP contribution in [0.15, 0.2) is 59.5 Å². The summed E-state index contributed by atoms with van der Waals surface area (Å²) in [6.45, 7) is 7.43. The van der Waals surface area contributed by atoms with Gasteiger partial charge < -0.3 is 10.1 Å². The third-order valence-electron chi connectivity index (χ3n) is 5.54. The number of aromatic nitrogens is 2. The molecule has 1 aromatic heterocycles. The molecule has 0 saturated heterocycles. The van der Waals surface area contributed by atoms with E-state index < -0.39 is 27.4 Å². The number of sulfonamides is 1. The molecule has 0 spiro atoms. The van der Waals surface area contributed by atoms with E-state index in [0.29, 0.717) is 5.82 Å². The van der Waals surface area contributed by atoms with E-state index >= 15 is 0 Å². The van der Waals surface area contributed by atoms with E-state index in [1.165, 1.54) is 7.11 Å². The Labute approximate surface area is 216 Å². The molecule has 198 valence electrons. The number of benzene rings is 2. The molecule has 0 saturated carbocycles. The number of nitro benzene ring substituents is 1. The van der Waals surface area contributed by atoms with Crippen LogP contribution in [0.4, 0.5) is 11.5 Å². The second-order valence-corrected chi connectivity index (χ2v) is 11.5. The first-order valence-electron chi connectivity index (χ1n) is 11.5. The highest BCUT2D eigenvalue weighted by atomic mass is 32.2. The number of hydrogen-bond donors (Lipinski definition) is 1. The molecule has 0 fully saturated rings. The SMILES string of the molecule is COCCN(CC(=O)Nc1cc(C(C)(C)C)nn1-c1cccc(C)c1)S(=O)(=O)c1ccc([N+](=O)[O-])cc1. The minimum Gasteiger partial charge on any atom is -0.383 e. The molecular weight excluding hydrogens is 498 g/mol. The molecule has 0 aliphatic rings. The molecule has 0 bridgehead atoms. The van der Waals surface area contributed by atoms with Gasteiger partial charge in [-0.25, -0.2) is 13.1 Å². The van der Waals surface area contributed by atoms with Crippen molar-refractivity contribution in [3.63, 3.8) is 0 Å². The predicted octanol–water partition coefficient (Wildman–Crippen LogP) is 3.66. The highest BCUT2D eigenvalue weighted by molar-refractivity contribution is 7.89. The van der Waals surface area contributed by atoms with Crippen molar-refractivity contribution >= 4 is 27.4 Å². The first-order chi connectivity index (χ1) is 17.3. The fourth-order valence-corrected chi connectivity index (χ4v) is 4.88. The second kappa shape index (κ2) is 11.2. The average molecular weight is 530 g/mol. The lowest BCUT2D eigenvalue weighted by Gasteiger charge is -2.21. The minimum absolute atomic E-state index is 0.0505. The maximum Gasteiger partial charge on any atom is 0.269 e. The summed E-state index contributed by atoms with van der Waals surface area (Å²) in [6.07, 6.45) is 0. The van der Waals surface area contributed by atoms with Crippen molar-refractivity contribution in [2.75, 3.05) is 32.1 Å². The Morgan fingerprint density at radius 2 is 1.84 bits per heavy atom. The number of anilines is 1. The summed E-state index contributed by atoms with van der Waals surface area (Å²) >= 11 is 0. The Morgan fingerprint density at radius 3 is 2.41 bits per heavy atom. The fraction of sp³-hybridized carbons (Fsp3) is 0.360. The zero-order valence-electron chi connectivity index (χ0n) is 21.5. The number of amides is 1. The van der Waals surface area contributed by atoms with Crippen LogP contribution in [0.25, 0.3) is 5.69 Å². The third-order valence-corrected chi connectivity index (χ3v) is 7.40. The molecule has 0 radical (unpaired) electrons. The Hall–Kier alpha value is -3.61. The van der Waals surface area contributed by atoms with E-state index in [4.69, 9.17) is 4.74 Å². The molecule has 1 heterocycles. The van der Waals surface area contributed by atoms with Gasteiger partial charge in [0.1, 0.15) is 5.82 Å². The fourth-order valence-electron chi connectivity index (χ4n) is 3.50. The summed E-state index contributed by atoms with van der Waals surface area (Å²) in [6, 6.07) is 13.9. The van der Waals surface area contributed by atoms with Crippen LogP contribution in [0.3, 0.4) is 0 Å². The van der Waals surface area contributed by atoms with Gasteiger partial charge in [-0.2, -0.15) is 9.40 Å². The van der Waals surface area contributed by atoms with Crippen LogP contribution in [-0.4, -0.2) is 60.1 Å². The van der Waals surface area contributed by atoms with Gasteiger partial charge in [0.2, 0.25) is 15.9 Å². The van der Waals surface area contributed by atoms with Crippen molar-refractivity contribution in [1.82, 2.24) is 14.1 Å². The van der Waals surface area contributed by atoms with Crippen molar-refractivity contribution in [2.24, 2.45) is 0 Å². The molecule has 3 aromatic rings. The first-order valence-corrected chi connectivity index (χ1v) is 13.0. The van der Waals surface area contributed by atoms with Gasteiger partial charge in [0.15, 0.2) is 0 Å². The molecule has 1 amide bonds. The topological polar surface area (TPSA) is 137 Å². The molecule has 0 aliphatic carbocycles. The van der Waals surface area contributed by atoms with Crippen LogP contribution in [0.5, 0.6) is 0 Å². The number of nitrogens with zero attached hydrogens (tertiary/aromatic N) is 4. The van der Waals surface area contributed by atoms with Gasteiger partial charge in [0.05, 0.1) is 34.4 Å². The highest BCUT2D eigenvalue weighted by Gasteiger charge is 2.28. The van der Waals surface area contributed by atoms with Crippen LogP contribution in [-0.2, 0) is 25.0 Å². The van der Waals surface area contributed by atoms with E-state index in [2.05, 4.69) is 10.4 Å². The zero-order valence-corrected chi connectivity index (χ0v) is 22.3. The Morgan fingerprint density at radius 1 is 1.16 bits per heavy atom. The van der Waals surface area contributed by atoms with E-state index in [1.807, 2.05) is 52.0 Å². The standard InChI is InChI=1S/C25H31N5O6S/c1-18-7-6-8-20(15-18)29-23(16-22(27-29)25(2,3)4)26-24(31)17-28(13-14-36-5)37(34,35)21-11-9-19(10-12-21)30(32)33/h6-12,15-16H,13-14,17H2,1-5H3,(H,26,31). The van der Waals surface area contributed by atoms with Gasteiger partial charge in [-0.15, -0.1) is 0 Å². The molecule has 2 aromatic carbocycles. The van der Waals surface area contributed by atoms with Crippen molar-refractivity contribution < 1.29 is 22.9 Å². The zero-order chi connectivity index (χ0) is 27.4. The van der Waals surface area contributed by atoms with Gasteiger partial charge >= 0.3 is 0 Å². The minimum atomic E-state index is -4.14. The van der Waals surface area contributed by atoms with Gasteiger partial charge in [-0.1, -0.05) is 32.9 Å². The van der Waals surface area contributed by atoms with Crippen LogP contribution >= 0.6 is 0 Å². The van der Waals surface area contributed by atoms with Gasteiger partial charge in [-0.05, 0) is 36.8 Å². The summed E-state index contributed by atoms with van der Waals surface area (Å²) in [4.78, 5) is 23.3. The number of rotatable bonds is 10. The summed E-state index contributed by atoms with van der Waals surface area (Å²) in [5.41, 5.74) is 1.99. The van der Waals surface area contributed by atoms with Crippen LogP contribution in [0.1, 0.15) is 32.0 Å². The maximum absolute atomic E-state index is 13.3. The maximum atomic E-state index is 13.3. The first kappa shape index (κ1) is 28.0. The van der Waals surface area contributed by atoms with E-state index in [9.17, 15) is 23.3 Å². The molecule has 11 nitrogen and oxygen atoms in total. The van der Waals surface area contributed by atoms with Gasteiger partial charge in [-0.3, -0.25) is 14.9 Å². The van der Waals surface area contributed by atoms with E-state index in [-0.39, 0.29) is 29.1 Å². The number of carbonyl (C=O) groups excluding carboxylic acids is 1. The quantitative estimate of drug-likeness (QED) is 0.313. The lowest BCUT2D eigenvalue weighted by molar-refractivity contribution is -0.384. The number of nitro groups is 1.